The molecule has 2 amide bonds. The van der Waals surface area contributed by atoms with Crippen molar-refractivity contribution in [2.24, 2.45) is 0 Å². The molecule has 0 spiro atoms. The van der Waals surface area contributed by atoms with E-state index in [1.807, 2.05) is 27.7 Å². The van der Waals surface area contributed by atoms with Gasteiger partial charge in [0.25, 0.3) is 0 Å². The number of nitrogens with one attached hydrogen (secondary N) is 1. The molecule has 0 saturated heterocycles. The molecule has 0 aromatic rings. The number of carbonyl (C=O) groups excluding carboxylic acids is 2. The van der Waals surface area contributed by atoms with Crippen LogP contribution < -0.4 is 5.32 Å². The summed E-state index contributed by atoms with van der Waals surface area (Å²) in [6, 6.07) is 0. The second-order valence-electron chi connectivity index (χ2n) is 4.54. The highest BCUT2D eigenvalue weighted by Gasteiger charge is 2.22. The van der Waals surface area contributed by atoms with E-state index in [-0.39, 0.29) is 17.4 Å². The molecule has 0 aliphatic carbocycles. The largest absolute Gasteiger partial charge is 0.354 e. The van der Waals surface area contributed by atoms with Gasteiger partial charge >= 0.3 is 0 Å². The van der Waals surface area contributed by atoms with E-state index in [1.54, 1.807) is 11.8 Å². The zero-order valence-corrected chi connectivity index (χ0v) is 10.4. The number of nitrogens with zero attached hydrogens (tertiary/aromatic N) is 1. The predicted molar refractivity (Wildman–Crippen MR) is 60.4 cm³/mol. The third-order valence-corrected chi connectivity index (χ3v) is 2.17. The van der Waals surface area contributed by atoms with Crippen molar-refractivity contribution in [3.8, 4) is 0 Å². The Kier molecular flexibility index (Phi) is 5.33. The smallest absolute Gasteiger partial charge is 0.219 e. The molecule has 0 aromatic heterocycles. The minimum atomic E-state index is -0.192. The third kappa shape index (κ3) is 5.40. The maximum Gasteiger partial charge on any atom is 0.219 e. The number of amides is 2. The van der Waals surface area contributed by atoms with Crippen LogP contribution in [-0.2, 0) is 9.59 Å². The van der Waals surface area contributed by atoms with Gasteiger partial charge in [-0.1, -0.05) is 6.92 Å². The second kappa shape index (κ2) is 5.73. The van der Waals surface area contributed by atoms with E-state index in [1.165, 1.54) is 0 Å². The summed E-state index contributed by atoms with van der Waals surface area (Å²) in [5.41, 5.74) is -0.192. The summed E-state index contributed by atoms with van der Waals surface area (Å²) in [7, 11) is 0. The average Bonchev–Trinajstić information content (AvgIpc) is 2.09. The highest BCUT2D eigenvalue weighted by molar-refractivity contribution is 5.76. The van der Waals surface area contributed by atoms with E-state index in [2.05, 4.69) is 5.32 Å². The van der Waals surface area contributed by atoms with E-state index >= 15 is 0 Å². The van der Waals surface area contributed by atoms with E-state index in [0.717, 1.165) is 0 Å². The van der Waals surface area contributed by atoms with Gasteiger partial charge in [-0.2, -0.15) is 0 Å². The van der Waals surface area contributed by atoms with Gasteiger partial charge in [-0.25, -0.2) is 0 Å². The third-order valence-electron chi connectivity index (χ3n) is 2.17. The van der Waals surface area contributed by atoms with Gasteiger partial charge in [0.15, 0.2) is 0 Å². The Balaban J connectivity index is 4.10. The predicted octanol–water partition coefficient (Wildman–Crippen LogP) is 1.16. The molecule has 0 rings (SSSR count). The molecule has 4 nitrogen and oxygen atoms in total. The summed E-state index contributed by atoms with van der Waals surface area (Å²) in [4.78, 5) is 24.1. The molecule has 15 heavy (non-hydrogen) atoms. The maximum absolute atomic E-state index is 11.3. The zero-order valence-electron chi connectivity index (χ0n) is 10.4. The molecule has 1 N–H and O–H groups in total. The highest BCUT2D eigenvalue weighted by atomic mass is 16.2. The van der Waals surface area contributed by atoms with Crippen molar-refractivity contribution in [2.75, 3.05) is 13.1 Å². The van der Waals surface area contributed by atoms with Crippen LogP contribution in [0.5, 0.6) is 0 Å². The van der Waals surface area contributed by atoms with E-state index in [9.17, 15) is 9.59 Å². The first-order chi connectivity index (χ1) is 6.79. The molecular formula is C11H22N2O2. The zero-order chi connectivity index (χ0) is 12.1. The first-order valence-electron chi connectivity index (χ1n) is 5.34. The fourth-order valence-corrected chi connectivity index (χ4v) is 1.40. The SMILES string of the molecule is CCC(=O)NCCN(C(C)=O)C(C)(C)C. The lowest BCUT2D eigenvalue weighted by molar-refractivity contribution is -0.134. The van der Waals surface area contributed by atoms with Crippen molar-refractivity contribution in [1.82, 2.24) is 10.2 Å². The van der Waals surface area contributed by atoms with Crippen molar-refractivity contribution in [3.05, 3.63) is 0 Å². The fraction of sp³-hybridized carbons (Fsp3) is 0.818. The number of carbonyl (C=O) groups is 2. The molecular weight excluding hydrogens is 192 g/mol. The Hall–Kier alpha value is -1.06. The van der Waals surface area contributed by atoms with Gasteiger partial charge in [0.05, 0.1) is 0 Å². The van der Waals surface area contributed by atoms with Crippen molar-refractivity contribution in [2.45, 2.75) is 46.6 Å². The molecule has 0 saturated carbocycles. The normalized spacial score (nSPS) is 11.0. The van der Waals surface area contributed by atoms with Crippen molar-refractivity contribution >= 4 is 11.8 Å². The molecule has 4 heteroatoms. The highest BCUT2D eigenvalue weighted by Crippen LogP contribution is 2.12. The number of hydrogen-bond acceptors (Lipinski definition) is 2. The Morgan fingerprint density at radius 2 is 1.80 bits per heavy atom. The van der Waals surface area contributed by atoms with Crippen LogP contribution in [0.4, 0.5) is 0 Å². The van der Waals surface area contributed by atoms with Crippen LogP contribution in [0.15, 0.2) is 0 Å². The number of hydrogen-bond donors (Lipinski definition) is 1. The van der Waals surface area contributed by atoms with Crippen LogP contribution in [-0.4, -0.2) is 35.3 Å². The standard InChI is InChI=1S/C11H22N2O2/c1-6-10(15)12-7-8-13(9(2)14)11(3,4)5/h6-8H2,1-5H3,(H,12,15). The van der Waals surface area contributed by atoms with Crippen molar-refractivity contribution < 1.29 is 9.59 Å². The van der Waals surface area contributed by atoms with Gasteiger partial charge in [0.2, 0.25) is 11.8 Å². The van der Waals surface area contributed by atoms with Gasteiger partial charge in [0, 0.05) is 32.0 Å². The van der Waals surface area contributed by atoms with Gasteiger partial charge in [-0.05, 0) is 20.8 Å². The molecule has 0 heterocycles. The fourth-order valence-electron chi connectivity index (χ4n) is 1.40. The monoisotopic (exact) mass is 214 g/mol. The summed E-state index contributed by atoms with van der Waals surface area (Å²) in [6.45, 7) is 10.4. The van der Waals surface area contributed by atoms with Crippen LogP contribution in [0.25, 0.3) is 0 Å². The molecule has 0 fully saturated rings. The van der Waals surface area contributed by atoms with Gasteiger partial charge < -0.3 is 10.2 Å². The first-order valence-corrected chi connectivity index (χ1v) is 5.34. The van der Waals surface area contributed by atoms with E-state index < -0.39 is 0 Å². The number of rotatable bonds is 4. The first kappa shape index (κ1) is 13.9. The summed E-state index contributed by atoms with van der Waals surface area (Å²) >= 11 is 0. The van der Waals surface area contributed by atoms with Gasteiger partial charge in [-0.3, -0.25) is 9.59 Å². The van der Waals surface area contributed by atoms with Crippen molar-refractivity contribution in [3.63, 3.8) is 0 Å². The maximum atomic E-state index is 11.3. The lowest BCUT2D eigenvalue weighted by atomic mass is 10.1. The van der Waals surface area contributed by atoms with Crippen LogP contribution in [0.3, 0.4) is 0 Å². The lowest BCUT2D eigenvalue weighted by Gasteiger charge is -2.35. The Bertz CT molecular complexity index is 231. The molecule has 0 radical (unpaired) electrons. The van der Waals surface area contributed by atoms with Crippen LogP contribution in [0.1, 0.15) is 41.0 Å². The summed E-state index contributed by atoms with van der Waals surface area (Å²) in [6.07, 6.45) is 0.482. The molecule has 0 unspecified atom stereocenters. The topological polar surface area (TPSA) is 49.4 Å². The molecule has 0 aromatic carbocycles. The Labute approximate surface area is 92.0 Å². The molecule has 88 valence electrons. The van der Waals surface area contributed by atoms with Gasteiger partial charge in [-0.15, -0.1) is 0 Å². The average molecular weight is 214 g/mol. The van der Waals surface area contributed by atoms with E-state index in [4.69, 9.17) is 0 Å². The minimum absolute atomic E-state index is 0.0208. The molecule has 0 aliphatic heterocycles. The Morgan fingerprint density at radius 3 is 2.13 bits per heavy atom. The quantitative estimate of drug-likeness (QED) is 0.763. The molecule has 0 atom stereocenters. The summed E-state index contributed by atoms with van der Waals surface area (Å²) < 4.78 is 0. The summed E-state index contributed by atoms with van der Waals surface area (Å²) in [5, 5.41) is 2.76. The van der Waals surface area contributed by atoms with E-state index in [0.29, 0.717) is 19.5 Å². The molecule has 0 aliphatic rings. The van der Waals surface area contributed by atoms with Crippen LogP contribution in [0, 0.1) is 0 Å². The van der Waals surface area contributed by atoms with Crippen molar-refractivity contribution in [1.29, 1.82) is 0 Å². The molecule has 0 bridgehead atoms. The summed E-state index contributed by atoms with van der Waals surface area (Å²) in [5.74, 6) is 0.0562. The van der Waals surface area contributed by atoms with Gasteiger partial charge in [0.1, 0.15) is 0 Å². The van der Waals surface area contributed by atoms with Crippen LogP contribution >= 0.6 is 0 Å². The van der Waals surface area contributed by atoms with Crippen LogP contribution in [0.2, 0.25) is 0 Å². The Morgan fingerprint density at radius 1 is 1.27 bits per heavy atom. The minimum Gasteiger partial charge on any atom is -0.354 e. The lowest BCUT2D eigenvalue weighted by Crippen LogP contribution is -2.48. The second-order valence-corrected chi connectivity index (χ2v) is 4.54.